The van der Waals surface area contributed by atoms with Gasteiger partial charge < -0.3 is 10.5 Å². The van der Waals surface area contributed by atoms with E-state index in [2.05, 4.69) is 17.2 Å². The van der Waals surface area contributed by atoms with Crippen LogP contribution in [0.5, 0.6) is 5.75 Å². The van der Waals surface area contributed by atoms with Crippen molar-refractivity contribution in [3.05, 3.63) is 42.2 Å². The molecule has 0 aliphatic rings. The number of rotatable bonds is 6. The zero-order valence-corrected chi connectivity index (χ0v) is 11.5. The summed E-state index contributed by atoms with van der Waals surface area (Å²) >= 11 is 0. The summed E-state index contributed by atoms with van der Waals surface area (Å²) in [7, 11) is 0. The van der Waals surface area contributed by atoms with Crippen LogP contribution in [0.3, 0.4) is 0 Å². The largest absolute Gasteiger partial charge is 0.491 e. The predicted molar refractivity (Wildman–Crippen MR) is 77.2 cm³/mol. The molecule has 4 nitrogen and oxygen atoms in total. The molecule has 0 atom stereocenters. The summed E-state index contributed by atoms with van der Waals surface area (Å²) in [5.41, 5.74) is 7.65. The Labute approximate surface area is 114 Å². The van der Waals surface area contributed by atoms with E-state index in [-0.39, 0.29) is 6.10 Å². The molecule has 0 saturated heterocycles. The third-order valence-corrected chi connectivity index (χ3v) is 2.80. The van der Waals surface area contributed by atoms with Crippen LogP contribution >= 0.6 is 0 Å². The van der Waals surface area contributed by atoms with Crippen molar-refractivity contribution in [2.75, 3.05) is 5.73 Å². The molecule has 2 aromatic rings. The van der Waals surface area contributed by atoms with Gasteiger partial charge in [0.1, 0.15) is 5.75 Å². The van der Waals surface area contributed by atoms with Crippen LogP contribution in [-0.4, -0.2) is 15.9 Å². The van der Waals surface area contributed by atoms with Gasteiger partial charge in [0.25, 0.3) is 0 Å². The Kier molecular flexibility index (Phi) is 4.44. The number of ether oxygens (including phenoxy) is 1. The molecule has 4 heteroatoms. The van der Waals surface area contributed by atoms with Gasteiger partial charge in [-0.1, -0.05) is 12.1 Å². The average Bonchev–Trinajstić information content (AvgIpc) is 2.77. The number of aryl methyl sites for hydroxylation is 2. The highest BCUT2D eigenvalue weighted by atomic mass is 16.5. The van der Waals surface area contributed by atoms with Crippen LogP contribution in [0.4, 0.5) is 5.69 Å². The molecule has 0 amide bonds. The third kappa shape index (κ3) is 4.32. The monoisotopic (exact) mass is 259 g/mol. The summed E-state index contributed by atoms with van der Waals surface area (Å²) in [6, 6.07) is 8.30. The van der Waals surface area contributed by atoms with Gasteiger partial charge in [0, 0.05) is 12.7 Å². The van der Waals surface area contributed by atoms with E-state index < -0.39 is 0 Å². The topological polar surface area (TPSA) is 53.1 Å². The quantitative estimate of drug-likeness (QED) is 0.867. The van der Waals surface area contributed by atoms with Crippen molar-refractivity contribution in [2.24, 2.45) is 0 Å². The van der Waals surface area contributed by atoms with Crippen LogP contribution in [0.15, 0.2) is 36.7 Å². The Morgan fingerprint density at radius 2 is 2.00 bits per heavy atom. The minimum absolute atomic E-state index is 0.219. The molecular formula is C15H21N3O. The molecule has 19 heavy (non-hydrogen) atoms. The van der Waals surface area contributed by atoms with Crippen molar-refractivity contribution in [1.29, 1.82) is 0 Å². The van der Waals surface area contributed by atoms with Gasteiger partial charge in [-0.3, -0.25) is 4.68 Å². The van der Waals surface area contributed by atoms with Crippen LogP contribution in [0.1, 0.15) is 25.8 Å². The highest BCUT2D eigenvalue weighted by Gasteiger charge is 1.99. The van der Waals surface area contributed by atoms with Crippen molar-refractivity contribution in [2.45, 2.75) is 39.3 Å². The van der Waals surface area contributed by atoms with Gasteiger partial charge in [-0.15, -0.1) is 0 Å². The van der Waals surface area contributed by atoms with E-state index in [9.17, 15) is 0 Å². The van der Waals surface area contributed by atoms with Gasteiger partial charge in [0.2, 0.25) is 0 Å². The zero-order chi connectivity index (χ0) is 13.7. The number of benzene rings is 1. The summed E-state index contributed by atoms with van der Waals surface area (Å²) in [4.78, 5) is 0. The normalized spacial score (nSPS) is 10.9. The lowest BCUT2D eigenvalue weighted by Crippen LogP contribution is -2.05. The van der Waals surface area contributed by atoms with E-state index in [0.717, 1.165) is 30.8 Å². The molecule has 2 rings (SSSR count). The minimum Gasteiger partial charge on any atom is -0.491 e. The molecular weight excluding hydrogens is 238 g/mol. The lowest BCUT2D eigenvalue weighted by molar-refractivity contribution is 0.242. The fourth-order valence-electron chi connectivity index (χ4n) is 1.95. The Hall–Kier alpha value is -1.97. The van der Waals surface area contributed by atoms with Crippen molar-refractivity contribution >= 4 is 5.69 Å². The first kappa shape index (κ1) is 13.5. The Morgan fingerprint density at radius 3 is 2.58 bits per heavy atom. The second kappa shape index (κ2) is 6.27. The van der Waals surface area contributed by atoms with E-state index in [4.69, 9.17) is 10.5 Å². The van der Waals surface area contributed by atoms with Gasteiger partial charge in [0.05, 0.1) is 18.0 Å². The average molecular weight is 259 g/mol. The molecule has 0 fully saturated rings. The molecule has 1 aromatic heterocycles. The Morgan fingerprint density at radius 1 is 1.26 bits per heavy atom. The maximum absolute atomic E-state index is 5.62. The number of aromatic nitrogens is 2. The first-order valence-electron chi connectivity index (χ1n) is 6.67. The predicted octanol–water partition coefficient (Wildman–Crippen LogP) is 2.89. The lowest BCUT2D eigenvalue weighted by atomic mass is 10.1. The molecule has 102 valence electrons. The van der Waals surface area contributed by atoms with Crippen LogP contribution in [0, 0.1) is 0 Å². The molecule has 0 unspecified atom stereocenters. The fraction of sp³-hybridized carbons (Fsp3) is 0.400. The fourth-order valence-corrected chi connectivity index (χ4v) is 1.95. The van der Waals surface area contributed by atoms with E-state index >= 15 is 0 Å². The maximum atomic E-state index is 5.62. The molecule has 2 N–H and O–H groups in total. The highest BCUT2D eigenvalue weighted by molar-refractivity contribution is 5.30. The smallest absolute Gasteiger partial charge is 0.119 e. The first-order valence-corrected chi connectivity index (χ1v) is 6.67. The summed E-state index contributed by atoms with van der Waals surface area (Å²) in [5.74, 6) is 0.929. The molecule has 0 aliphatic heterocycles. The summed E-state index contributed by atoms with van der Waals surface area (Å²) in [6.45, 7) is 4.95. The summed E-state index contributed by atoms with van der Waals surface area (Å²) in [5, 5.41) is 4.17. The van der Waals surface area contributed by atoms with E-state index in [1.54, 1.807) is 6.20 Å². The number of hydrogen-bond acceptors (Lipinski definition) is 3. The van der Waals surface area contributed by atoms with Crippen molar-refractivity contribution in [3.8, 4) is 5.75 Å². The van der Waals surface area contributed by atoms with Gasteiger partial charge >= 0.3 is 0 Å². The van der Waals surface area contributed by atoms with Gasteiger partial charge in [-0.05, 0) is 44.4 Å². The number of anilines is 1. The molecule has 0 radical (unpaired) electrons. The second-order valence-corrected chi connectivity index (χ2v) is 4.95. The van der Waals surface area contributed by atoms with Crippen LogP contribution in [-0.2, 0) is 13.0 Å². The van der Waals surface area contributed by atoms with Gasteiger partial charge in [-0.25, -0.2) is 0 Å². The summed E-state index contributed by atoms with van der Waals surface area (Å²) in [6.07, 6.45) is 5.83. The van der Waals surface area contributed by atoms with Crippen molar-refractivity contribution in [3.63, 3.8) is 0 Å². The van der Waals surface area contributed by atoms with Crippen molar-refractivity contribution < 1.29 is 4.74 Å². The van der Waals surface area contributed by atoms with E-state index in [0.29, 0.717) is 0 Å². The van der Waals surface area contributed by atoms with Gasteiger partial charge in [-0.2, -0.15) is 5.10 Å². The van der Waals surface area contributed by atoms with Crippen LogP contribution in [0.25, 0.3) is 0 Å². The lowest BCUT2D eigenvalue weighted by Gasteiger charge is -2.10. The molecule has 0 bridgehead atoms. The van der Waals surface area contributed by atoms with Crippen LogP contribution < -0.4 is 10.5 Å². The minimum atomic E-state index is 0.219. The van der Waals surface area contributed by atoms with E-state index in [1.165, 1.54) is 5.56 Å². The molecule has 0 saturated carbocycles. The zero-order valence-electron chi connectivity index (χ0n) is 11.5. The molecule has 1 heterocycles. The van der Waals surface area contributed by atoms with Gasteiger partial charge in [0.15, 0.2) is 0 Å². The summed E-state index contributed by atoms with van der Waals surface area (Å²) < 4.78 is 7.50. The number of nitrogen functional groups attached to an aromatic ring is 1. The van der Waals surface area contributed by atoms with Crippen molar-refractivity contribution in [1.82, 2.24) is 9.78 Å². The molecule has 0 aliphatic carbocycles. The Balaban J connectivity index is 1.79. The highest BCUT2D eigenvalue weighted by Crippen LogP contribution is 2.15. The number of hydrogen-bond donors (Lipinski definition) is 1. The Bertz CT molecular complexity index is 502. The third-order valence-electron chi connectivity index (χ3n) is 2.80. The first-order chi connectivity index (χ1) is 9.13. The van der Waals surface area contributed by atoms with E-state index in [1.807, 2.05) is 36.9 Å². The molecule has 1 aromatic carbocycles. The number of nitrogens with zero attached hydrogens (tertiary/aromatic N) is 2. The van der Waals surface area contributed by atoms with Crippen LogP contribution in [0.2, 0.25) is 0 Å². The number of nitrogens with two attached hydrogens (primary N) is 1. The molecule has 0 spiro atoms. The second-order valence-electron chi connectivity index (χ2n) is 4.95. The standard InChI is InChI=1S/C15H21N3O/c1-12(2)19-15-7-5-13(6-8-15)4-3-9-18-11-14(16)10-17-18/h5-8,10-12H,3-4,9,16H2,1-2H3. The maximum Gasteiger partial charge on any atom is 0.119 e. The SMILES string of the molecule is CC(C)Oc1ccc(CCCn2cc(N)cn2)cc1.